The minimum absolute atomic E-state index is 0.0340. The van der Waals surface area contributed by atoms with Gasteiger partial charge in [-0.3, -0.25) is 4.90 Å². The number of hydrogen-bond acceptors (Lipinski definition) is 6. The van der Waals surface area contributed by atoms with Crippen LogP contribution in [0.2, 0.25) is 0 Å². The molecule has 1 aliphatic heterocycles. The second-order valence-electron chi connectivity index (χ2n) is 5.36. The van der Waals surface area contributed by atoms with Gasteiger partial charge in [-0.05, 0) is 19.9 Å². The lowest BCUT2D eigenvalue weighted by molar-refractivity contribution is 0.185. The summed E-state index contributed by atoms with van der Waals surface area (Å²) in [5.74, 6) is 1.99. The van der Waals surface area contributed by atoms with Crippen molar-refractivity contribution in [2.75, 3.05) is 24.6 Å². The molecular weight excluding hydrogens is 266 g/mol. The van der Waals surface area contributed by atoms with E-state index in [0.717, 1.165) is 6.54 Å². The van der Waals surface area contributed by atoms with Gasteiger partial charge >= 0.3 is 0 Å². The highest BCUT2D eigenvalue weighted by molar-refractivity contribution is 7.91. The lowest BCUT2D eigenvalue weighted by atomic mass is 10.2. The fraction of sp³-hybridized carbons (Fsp3) is 0.833. The average molecular weight is 287 g/mol. The number of rotatable bonds is 3. The maximum Gasteiger partial charge on any atom is 0.243 e. The number of nitrogens with zero attached hydrogens (tertiary/aromatic N) is 3. The van der Waals surface area contributed by atoms with Crippen LogP contribution in [0.3, 0.4) is 0 Å². The van der Waals surface area contributed by atoms with Crippen molar-refractivity contribution in [3.8, 4) is 0 Å². The Labute approximate surface area is 114 Å². The first kappa shape index (κ1) is 14.5. The lowest BCUT2D eigenvalue weighted by Gasteiger charge is -2.23. The molecule has 6 nitrogen and oxygen atoms in total. The maximum absolute atomic E-state index is 11.6. The summed E-state index contributed by atoms with van der Waals surface area (Å²) in [5.41, 5.74) is 0. The van der Waals surface area contributed by atoms with Crippen LogP contribution < -0.4 is 0 Å². The van der Waals surface area contributed by atoms with Crippen LogP contribution in [0.25, 0.3) is 0 Å². The Kier molecular flexibility index (Phi) is 4.25. The molecule has 0 spiro atoms. The molecule has 1 aromatic heterocycles. The molecular formula is C12H21N3O3S. The summed E-state index contributed by atoms with van der Waals surface area (Å²) in [6, 6.07) is -0.0340. The zero-order valence-corrected chi connectivity index (χ0v) is 12.5. The Morgan fingerprint density at radius 3 is 2.58 bits per heavy atom. The minimum atomic E-state index is -2.88. The van der Waals surface area contributed by atoms with Gasteiger partial charge in [-0.25, -0.2) is 8.42 Å². The zero-order valence-electron chi connectivity index (χ0n) is 11.7. The van der Waals surface area contributed by atoms with E-state index in [4.69, 9.17) is 4.52 Å². The molecule has 1 saturated heterocycles. The van der Waals surface area contributed by atoms with Gasteiger partial charge in [-0.2, -0.15) is 4.98 Å². The predicted octanol–water partition coefficient (Wildman–Crippen LogP) is 1.37. The van der Waals surface area contributed by atoms with E-state index in [-0.39, 0.29) is 23.5 Å². The summed E-state index contributed by atoms with van der Waals surface area (Å²) >= 11 is 0. The highest BCUT2D eigenvalue weighted by Crippen LogP contribution is 2.22. The van der Waals surface area contributed by atoms with Gasteiger partial charge in [-0.15, -0.1) is 0 Å². The van der Waals surface area contributed by atoms with Crippen molar-refractivity contribution in [1.29, 1.82) is 0 Å². The molecule has 1 aromatic rings. The van der Waals surface area contributed by atoms with Crippen LogP contribution in [-0.4, -0.2) is 48.1 Å². The standard InChI is InChI=1S/C12H21N3O3S/c1-9(2)11-13-12(18-14-11)10(3)15-5-4-7-19(16,17)8-6-15/h9-10H,4-8H2,1-3H3. The topological polar surface area (TPSA) is 76.3 Å². The summed E-state index contributed by atoms with van der Waals surface area (Å²) in [6.07, 6.45) is 0.665. The molecule has 0 aromatic carbocycles. The van der Waals surface area contributed by atoms with Gasteiger partial charge in [0.15, 0.2) is 15.7 Å². The third-order valence-corrected chi connectivity index (χ3v) is 5.18. The van der Waals surface area contributed by atoms with Crippen molar-refractivity contribution in [1.82, 2.24) is 15.0 Å². The quantitative estimate of drug-likeness (QED) is 0.836. The van der Waals surface area contributed by atoms with Gasteiger partial charge in [0.2, 0.25) is 5.89 Å². The van der Waals surface area contributed by atoms with Crippen LogP contribution in [-0.2, 0) is 9.84 Å². The molecule has 0 aliphatic carbocycles. The van der Waals surface area contributed by atoms with E-state index in [1.54, 1.807) is 0 Å². The molecule has 1 unspecified atom stereocenters. The van der Waals surface area contributed by atoms with Gasteiger partial charge in [-0.1, -0.05) is 19.0 Å². The number of sulfone groups is 1. The van der Waals surface area contributed by atoms with Crippen molar-refractivity contribution in [3.05, 3.63) is 11.7 Å². The molecule has 19 heavy (non-hydrogen) atoms. The maximum atomic E-state index is 11.6. The van der Waals surface area contributed by atoms with Crippen molar-refractivity contribution in [2.45, 2.75) is 39.2 Å². The second-order valence-corrected chi connectivity index (χ2v) is 7.67. The fourth-order valence-electron chi connectivity index (χ4n) is 2.15. The summed E-state index contributed by atoms with van der Waals surface area (Å²) in [5, 5.41) is 3.95. The smallest absolute Gasteiger partial charge is 0.243 e. The molecule has 7 heteroatoms. The van der Waals surface area contributed by atoms with Gasteiger partial charge in [0, 0.05) is 12.5 Å². The van der Waals surface area contributed by atoms with Gasteiger partial charge < -0.3 is 4.52 Å². The predicted molar refractivity (Wildman–Crippen MR) is 71.6 cm³/mol. The largest absolute Gasteiger partial charge is 0.338 e. The van der Waals surface area contributed by atoms with Crippen LogP contribution in [0.5, 0.6) is 0 Å². The Morgan fingerprint density at radius 1 is 1.21 bits per heavy atom. The first-order valence-corrected chi connectivity index (χ1v) is 8.49. The van der Waals surface area contributed by atoms with Crippen LogP contribution in [0.1, 0.15) is 50.9 Å². The third-order valence-electron chi connectivity index (χ3n) is 3.47. The molecule has 0 saturated carbocycles. The van der Waals surface area contributed by atoms with Gasteiger partial charge in [0.05, 0.1) is 17.5 Å². The molecule has 1 atom stereocenters. The molecule has 0 amide bonds. The number of hydrogen-bond donors (Lipinski definition) is 0. The molecule has 2 rings (SSSR count). The Bertz CT molecular complexity index is 524. The molecule has 108 valence electrons. The summed E-state index contributed by atoms with van der Waals surface area (Å²) < 4.78 is 28.5. The van der Waals surface area contributed by atoms with Gasteiger partial charge in [0.1, 0.15) is 0 Å². The zero-order chi connectivity index (χ0) is 14.0. The van der Waals surface area contributed by atoms with Crippen molar-refractivity contribution >= 4 is 9.84 Å². The monoisotopic (exact) mass is 287 g/mol. The summed E-state index contributed by atoms with van der Waals surface area (Å²) in [7, 11) is -2.88. The molecule has 2 heterocycles. The Hall–Kier alpha value is -0.950. The molecule has 1 fully saturated rings. The number of aromatic nitrogens is 2. The highest BCUT2D eigenvalue weighted by atomic mass is 32.2. The van der Waals surface area contributed by atoms with E-state index in [2.05, 4.69) is 15.0 Å². The van der Waals surface area contributed by atoms with E-state index in [1.807, 2.05) is 20.8 Å². The second kappa shape index (κ2) is 5.58. The first-order valence-electron chi connectivity index (χ1n) is 6.67. The van der Waals surface area contributed by atoms with Crippen LogP contribution in [0, 0.1) is 0 Å². The van der Waals surface area contributed by atoms with E-state index >= 15 is 0 Å². The average Bonchev–Trinajstić information content (AvgIpc) is 2.75. The normalized spacial score (nSPS) is 22.3. The summed E-state index contributed by atoms with van der Waals surface area (Å²) in [4.78, 5) is 6.48. The first-order chi connectivity index (χ1) is 8.89. The molecule has 0 radical (unpaired) electrons. The lowest BCUT2D eigenvalue weighted by Crippen LogP contribution is -2.30. The van der Waals surface area contributed by atoms with E-state index in [1.165, 1.54) is 0 Å². The van der Waals surface area contributed by atoms with Crippen molar-refractivity contribution in [3.63, 3.8) is 0 Å². The third kappa shape index (κ3) is 3.54. The fourth-order valence-corrected chi connectivity index (χ4v) is 3.44. The summed E-state index contributed by atoms with van der Waals surface area (Å²) in [6.45, 7) is 7.29. The molecule has 1 aliphatic rings. The van der Waals surface area contributed by atoms with Gasteiger partial charge in [0.25, 0.3) is 0 Å². The minimum Gasteiger partial charge on any atom is -0.338 e. The molecule has 0 bridgehead atoms. The van der Waals surface area contributed by atoms with E-state index in [9.17, 15) is 8.42 Å². The van der Waals surface area contributed by atoms with Crippen LogP contribution in [0.4, 0.5) is 0 Å². The highest BCUT2D eigenvalue weighted by Gasteiger charge is 2.26. The van der Waals surface area contributed by atoms with Crippen molar-refractivity contribution in [2.24, 2.45) is 0 Å². The Balaban J connectivity index is 2.08. The van der Waals surface area contributed by atoms with Crippen LogP contribution >= 0.6 is 0 Å². The van der Waals surface area contributed by atoms with E-state index < -0.39 is 9.84 Å². The van der Waals surface area contributed by atoms with Crippen molar-refractivity contribution < 1.29 is 12.9 Å². The van der Waals surface area contributed by atoms with E-state index in [0.29, 0.717) is 24.7 Å². The van der Waals surface area contributed by atoms with Crippen LogP contribution in [0.15, 0.2) is 4.52 Å². The SMILES string of the molecule is CC(C)c1noc(C(C)N2CCCS(=O)(=O)CC2)n1. The Morgan fingerprint density at radius 2 is 1.95 bits per heavy atom. The molecule has 0 N–H and O–H groups in total.